The molecule has 1 amide bonds. The molecule has 3 aromatic carbocycles. The first-order valence-corrected chi connectivity index (χ1v) is 10.7. The quantitative estimate of drug-likeness (QED) is 0.461. The van der Waals surface area contributed by atoms with Gasteiger partial charge < -0.3 is 10.1 Å². The van der Waals surface area contributed by atoms with Gasteiger partial charge in [-0.15, -0.1) is 0 Å². The molecule has 0 spiro atoms. The van der Waals surface area contributed by atoms with Gasteiger partial charge in [0.1, 0.15) is 5.75 Å². The molecule has 0 aliphatic rings. The van der Waals surface area contributed by atoms with Crippen molar-refractivity contribution in [3.8, 4) is 11.4 Å². The number of carbonyl (C=O) groups is 1. The third-order valence-corrected chi connectivity index (χ3v) is 5.48. The molecule has 172 valence electrons. The summed E-state index contributed by atoms with van der Waals surface area (Å²) in [7, 11) is 1.54. The first kappa shape index (κ1) is 22.7. The lowest BCUT2D eigenvalue weighted by Gasteiger charge is -2.13. The van der Waals surface area contributed by atoms with Gasteiger partial charge >= 0.3 is 5.69 Å². The Morgan fingerprint density at radius 2 is 1.62 bits per heavy atom. The van der Waals surface area contributed by atoms with E-state index in [0.29, 0.717) is 11.4 Å². The molecule has 34 heavy (non-hydrogen) atoms. The smallest absolute Gasteiger partial charge is 0.352 e. The normalized spacial score (nSPS) is 10.6. The minimum atomic E-state index is -0.747. The zero-order chi connectivity index (χ0) is 24.1. The molecule has 8 nitrogen and oxygen atoms in total. The van der Waals surface area contributed by atoms with Crippen LogP contribution in [0.1, 0.15) is 27.2 Å². The fourth-order valence-corrected chi connectivity index (χ4v) is 3.51. The molecule has 0 bridgehead atoms. The maximum atomic E-state index is 13.3. The Morgan fingerprint density at radius 1 is 0.941 bits per heavy atom. The Labute approximate surface area is 196 Å². The number of hydrogen-bond donors (Lipinski definition) is 1. The number of aromatic nitrogens is 3. The van der Waals surface area contributed by atoms with Crippen molar-refractivity contribution in [3.63, 3.8) is 0 Å². The van der Waals surface area contributed by atoms with Gasteiger partial charge in [-0.2, -0.15) is 9.78 Å². The molecule has 0 unspecified atom stereocenters. The van der Waals surface area contributed by atoms with Crippen LogP contribution in [0.25, 0.3) is 5.69 Å². The van der Waals surface area contributed by atoms with E-state index in [1.165, 1.54) is 7.11 Å². The third kappa shape index (κ3) is 4.80. The lowest BCUT2D eigenvalue weighted by atomic mass is 10.1. The molecule has 0 aliphatic carbocycles. The van der Waals surface area contributed by atoms with Gasteiger partial charge in [0.05, 0.1) is 19.3 Å². The molecule has 0 fully saturated rings. The number of methoxy groups -OCH3 is 1. The van der Waals surface area contributed by atoms with Gasteiger partial charge in [0.25, 0.3) is 11.5 Å². The van der Waals surface area contributed by atoms with Gasteiger partial charge in [-0.3, -0.25) is 14.2 Å². The summed E-state index contributed by atoms with van der Waals surface area (Å²) in [5, 5.41) is 6.88. The van der Waals surface area contributed by atoms with Crippen molar-refractivity contribution in [2.45, 2.75) is 20.0 Å². The van der Waals surface area contributed by atoms with Crippen LogP contribution < -0.4 is 21.3 Å². The summed E-state index contributed by atoms with van der Waals surface area (Å²) < 4.78 is 7.28. The number of aryl methyl sites for hydroxylation is 1. The molecule has 1 N–H and O–H groups in total. The second kappa shape index (κ2) is 9.99. The van der Waals surface area contributed by atoms with Crippen molar-refractivity contribution >= 4 is 5.91 Å². The van der Waals surface area contributed by atoms with Crippen molar-refractivity contribution in [1.82, 2.24) is 19.7 Å². The van der Waals surface area contributed by atoms with Crippen LogP contribution in [-0.2, 0) is 13.1 Å². The number of benzene rings is 3. The number of amides is 1. The summed E-state index contributed by atoms with van der Waals surface area (Å²) in [6, 6.07) is 23.4. The molecule has 1 aromatic heterocycles. The number of nitrogens with zero attached hydrogens (tertiary/aromatic N) is 3. The van der Waals surface area contributed by atoms with Crippen molar-refractivity contribution in [1.29, 1.82) is 0 Å². The molecule has 4 aromatic rings. The van der Waals surface area contributed by atoms with Crippen LogP contribution in [0.5, 0.6) is 5.75 Å². The van der Waals surface area contributed by atoms with Gasteiger partial charge in [-0.1, -0.05) is 54.6 Å². The second-order valence-corrected chi connectivity index (χ2v) is 7.73. The van der Waals surface area contributed by atoms with Gasteiger partial charge in [-0.05, 0) is 47.9 Å². The first-order chi connectivity index (χ1) is 16.5. The predicted molar refractivity (Wildman–Crippen MR) is 129 cm³/mol. The highest BCUT2D eigenvalue weighted by Gasteiger charge is 2.21. The SMILES string of the molecule is COc1ccc(-n2nc(C(=O)NCc3ccccc3)c(=O)n(Cc3ccccc3C)c2=O)cc1. The molecule has 4 rings (SSSR count). The van der Waals surface area contributed by atoms with E-state index in [1.54, 1.807) is 24.3 Å². The van der Waals surface area contributed by atoms with Gasteiger partial charge in [0, 0.05) is 6.54 Å². The number of carbonyl (C=O) groups excluding carboxylic acids is 1. The molecule has 0 atom stereocenters. The minimum absolute atomic E-state index is 0.0159. The van der Waals surface area contributed by atoms with Crippen LogP contribution in [0.15, 0.2) is 88.5 Å². The molecule has 1 heterocycles. The number of rotatable bonds is 7. The number of ether oxygens (including phenoxy) is 1. The Bertz CT molecular complexity index is 1420. The average molecular weight is 457 g/mol. The molecular weight excluding hydrogens is 432 g/mol. The van der Waals surface area contributed by atoms with Gasteiger partial charge in [0.15, 0.2) is 0 Å². The molecular formula is C26H24N4O4. The zero-order valence-electron chi connectivity index (χ0n) is 18.9. The summed E-state index contributed by atoms with van der Waals surface area (Å²) in [6.45, 7) is 2.14. The monoisotopic (exact) mass is 456 g/mol. The fourth-order valence-electron chi connectivity index (χ4n) is 3.51. The highest BCUT2D eigenvalue weighted by atomic mass is 16.5. The van der Waals surface area contributed by atoms with Crippen molar-refractivity contribution in [3.05, 3.63) is 122 Å². The Balaban J connectivity index is 1.79. The van der Waals surface area contributed by atoms with Crippen molar-refractivity contribution in [2.24, 2.45) is 0 Å². The molecule has 0 saturated carbocycles. The highest BCUT2D eigenvalue weighted by Crippen LogP contribution is 2.13. The van der Waals surface area contributed by atoms with E-state index in [9.17, 15) is 14.4 Å². The van der Waals surface area contributed by atoms with E-state index in [2.05, 4.69) is 10.4 Å². The van der Waals surface area contributed by atoms with Crippen molar-refractivity contribution < 1.29 is 9.53 Å². The van der Waals surface area contributed by atoms with Crippen LogP contribution in [0.2, 0.25) is 0 Å². The standard InChI is InChI=1S/C26H24N4O4/c1-18-8-6-7-11-20(18)17-29-25(32)23(24(31)27-16-19-9-4-3-5-10-19)28-30(26(29)33)21-12-14-22(34-2)15-13-21/h3-15H,16-17H2,1-2H3,(H,27,31). The first-order valence-electron chi connectivity index (χ1n) is 10.7. The Hall–Kier alpha value is -4.46. The van der Waals surface area contributed by atoms with E-state index in [-0.39, 0.29) is 18.8 Å². The zero-order valence-corrected chi connectivity index (χ0v) is 18.9. The minimum Gasteiger partial charge on any atom is -0.497 e. The van der Waals surface area contributed by atoms with Crippen LogP contribution >= 0.6 is 0 Å². The van der Waals surface area contributed by atoms with Crippen LogP contribution in [-0.4, -0.2) is 27.4 Å². The van der Waals surface area contributed by atoms with Gasteiger partial charge in [-0.25, -0.2) is 4.79 Å². The largest absolute Gasteiger partial charge is 0.497 e. The Kier molecular flexibility index (Phi) is 6.68. The maximum Gasteiger partial charge on any atom is 0.352 e. The van der Waals surface area contributed by atoms with E-state index < -0.39 is 17.2 Å². The number of hydrogen-bond acceptors (Lipinski definition) is 5. The average Bonchev–Trinajstić information content (AvgIpc) is 2.87. The Morgan fingerprint density at radius 3 is 2.29 bits per heavy atom. The molecule has 0 saturated heterocycles. The maximum absolute atomic E-state index is 13.3. The van der Waals surface area contributed by atoms with E-state index >= 15 is 0 Å². The summed E-state index contributed by atoms with van der Waals surface area (Å²) in [5.74, 6) is -0.0551. The summed E-state index contributed by atoms with van der Waals surface area (Å²) >= 11 is 0. The van der Waals surface area contributed by atoms with E-state index in [4.69, 9.17) is 4.74 Å². The van der Waals surface area contributed by atoms with Crippen LogP contribution in [0.3, 0.4) is 0 Å². The highest BCUT2D eigenvalue weighted by molar-refractivity contribution is 5.91. The summed E-state index contributed by atoms with van der Waals surface area (Å²) in [6.07, 6.45) is 0. The third-order valence-electron chi connectivity index (χ3n) is 5.48. The molecule has 0 radical (unpaired) electrons. The molecule has 0 aliphatic heterocycles. The lowest BCUT2D eigenvalue weighted by Crippen LogP contribution is -2.46. The number of nitrogens with one attached hydrogen (secondary N) is 1. The van der Waals surface area contributed by atoms with Gasteiger partial charge in [0.2, 0.25) is 5.69 Å². The van der Waals surface area contributed by atoms with E-state index in [0.717, 1.165) is 25.9 Å². The lowest BCUT2D eigenvalue weighted by molar-refractivity contribution is 0.0941. The van der Waals surface area contributed by atoms with Crippen molar-refractivity contribution in [2.75, 3.05) is 7.11 Å². The summed E-state index contributed by atoms with van der Waals surface area (Å²) in [5.41, 5.74) is 1.25. The fraction of sp³-hybridized carbons (Fsp3) is 0.154. The molecule has 8 heteroatoms. The topological polar surface area (TPSA) is 95.2 Å². The van der Waals surface area contributed by atoms with Crippen LogP contribution in [0, 0.1) is 6.92 Å². The van der Waals surface area contributed by atoms with Crippen LogP contribution in [0.4, 0.5) is 0 Å². The predicted octanol–water partition coefficient (Wildman–Crippen LogP) is 2.69. The summed E-state index contributed by atoms with van der Waals surface area (Å²) in [4.78, 5) is 39.5. The second-order valence-electron chi connectivity index (χ2n) is 7.73. The van der Waals surface area contributed by atoms with E-state index in [1.807, 2.05) is 61.5 Å².